The number of rotatable bonds is 9. The van der Waals surface area contributed by atoms with Crippen molar-refractivity contribution in [2.45, 2.75) is 38.1 Å². The zero-order valence-electron chi connectivity index (χ0n) is 17.6. The van der Waals surface area contributed by atoms with Gasteiger partial charge in [0.15, 0.2) is 34.4 Å². The average molecular weight is 480 g/mol. The third kappa shape index (κ3) is 5.53. The maximum Gasteiger partial charge on any atom is 0.192 e. The number of benzene rings is 2. The quantitative estimate of drug-likeness (QED) is 0.265. The van der Waals surface area contributed by atoms with Crippen LogP contribution in [0.1, 0.15) is 49.1 Å². The zero-order valence-corrected chi connectivity index (χ0v) is 20.0. The first-order chi connectivity index (χ1) is 14.8. The lowest BCUT2D eigenvalue weighted by Crippen LogP contribution is -2.15. The SMILES string of the molecule is COc1ccccc1OC(C)c1nnc(SCC(=O)c2ccc(Cl)cc2Cl)n1C(C)C. The van der Waals surface area contributed by atoms with E-state index >= 15 is 0 Å². The summed E-state index contributed by atoms with van der Waals surface area (Å²) in [5, 5.41) is 10.1. The van der Waals surface area contributed by atoms with Crippen LogP contribution in [-0.2, 0) is 0 Å². The normalized spacial score (nSPS) is 12.1. The molecule has 1 aromatic heterocycles. The van der Waals surface area contributed by atoms with Crippen molar-refractivity contribution >= 4 is 40.7 Å². The van der Waals surface area contributed by atoms with Gasteiger partial charge in [-0.15, -0.1) is 10.2 Å². The van der Waals surface area contributed by atoms with Crippen LogP contribution >= 0.6 is 35.0 Å². The molecule has 164 valence electrons. The van der Waals surface area contributed by atoms with Crippen molar-refractivity contribution < 1.29 is 14.3 Å². The number of aromatic nitrogens is 3. The van der Waals surface area contributed by atoms with Crippen LogP contribution in [0.25, 0.3) is 0 Å². The summed E-state index contributed by atoms with van der Waals surface area (Å²) < 4.78 is 13.4. The molecule has 0 saturated heterocycles. The molecule has 0 fully saturated rings. The fourth-order valence-electron chi connectivity index (χ4n) is 3.03. The molecule has 0 bridgehead atoms. The highest BCUT2D eigenvalue weighted by atomic mass is 35.5. The minimum absolute atomic E-state index is 0.0745. The topological polar surface area (TPSA) is 66.2 Å². The molecule has 9 heteroatoms. The number of ketones is 1. The minimum atomic E-state index is -0.373. The number of hydrogen-bond donors (Lipinski definition) is 0. The summed E-state index contributed by atoms with van der Waals surface area (Å²) in [6.45, 7) is 5.97. The van der Waals surface area contributed by atoms with Crippen molar-refractivity contribution in [1.82, 2.24) is 14.8 Å². The Morgan fingerprint density at radius 2 is 1.81 bits per heavy atom. The van der Waals surface area contributed by atoms with Gasteiger partial charge < -0.3 is 14.0 Å². The maximum absolute atomic E-state index is 12.6. The van der Waals surface area contributed by atoms with Gasteiger partial charge in [-0.25, -0.2) is 0 Å². The van der Waals surface area contributed by atoms with E-state index in [-0.39, 0.29) is 23.7 Å². The Kier molecular flexibility index (Phi) is 7.86. The second kappa shape index (κ2) is 10.4. The Balaban J connectivity index is 1.77. The highest BCUT2D eigenvalue weighted by molar-refractivity contribution is 7.99. The Morgan fingerprint density at radius 1 is 1.10 bits per heavy atom. The predicted molar refractivity (Wildman–Crippen MR) is 124 cm³/mol. The third-order valence-corrected chi connectivity index (χ3v) is 6.00. The van der Waals surface area contributed by atoms with Crippen LogP contribution in [0.2, 0.25) is 10.0 Å². The number of hydrogen-bond acceptors (Lipinski definition) is 6. The molecule has 3 rings (SSSR count). The van der Waals surface area contributed by atoms with E-state index in [4.69, 9.17) is 32.7 Å². The lowest BCUT2D eigenvalue weighted by Gasteiger charge is -2.19. The predicted octanol–water partition coefficient (Wildman–Crippen LogP) is 6.29. The Labute approximate surface area is 195 Å². The molecule has 0 radical (unpaired) electrons. The number of methoxy groups -OCH3 is 1. The molecule has 2 aromatic carbocycles. The molecule has 1 atom stereocenters. The second-order valence-electron chi connectivity index (χ2n) is 7.05. The molecule has 6 nitrogen and oxygen atoms in total. The van der Waals surface area contributed by atoms with Gasteiger partial charge in [-0.2, -0.15) is 0 Å². The van der Waals surface area contributed by atoms with Crippen LogP contribution < -0.4 is 9.47 Å². The molecular weight excluding hydrogens is 457 g/mol. The van der Waals surface area contributed by atoms with Crippen molar-refractivity contribution in [3.8, 4) is 11.5 Å². The highest BCUT2D eigenvalue weighted by Gasteiger charge is 2.23. The monoisotopic (exact) mass is 479 g/mol. The summed E-state index contributed by atoms with van der Waals surface area (Å²) in [5.41, 5.74) is 0.433. The Bertz CT molecular complexity index is 1070. The summed E-state index contributed by atoms with van der Waals surface area (Å²) in [5.74, 6) is 2.00. The lowest BCUT2D eigenvalue weighted by molar-refractivity contribution is 0.102. The van der Waals surface area contributed by atoms with E-state index < -0.39 is 0 Å². The van der Waals surface area contributed by atoms with Crippen molar-refractivity contribution in [2.75, 3.05) is 12.9 Å². The summed E-state index contributed by atoms with van der Waals surface area (Å²) in [7, 11) is 1.60. The molecule has 0 aliphatic rings. The van der Waals surface area contributed by atoms with E-state index in [1.54, 1.807) is 25.3 Å². The molecule has 3 aromatic rings. The smallest absolute Gasteiger partial charge is 0.192 e. The number of thioether (sulfide) groups is 1. The van der Waals surface area contributed by atoms with E-state index in [1.807, 2.05) is 49.6 Å². The summed E-state index contributed by atoms with van der Waals surface area (Å²) >= 11 is 13.4. The first-order valence-corrected chi connectivity index (χ1v) is 11.4. The maximum atomic E-state index is 12.6. The van der Waals surface area contributed by atoms with Gasteiger partial charge >= 0.3 is 0 Å². The van der Waals surface area contributed by atoms with Crippen LogP contribution in [0.5, 0.6) is 11.5 Å². The van der Waals surface area contributed by atoms with Gasteiger partial charge in [0.25, 0.3) is 0 Å². The van der Waals surface area contributed by atoms with E-state index in [1.165, 1.54) is 11.8 Å². The van der Waals surface area contributed by atoms with Crippen LogP contribution in [0, 0.1) is 0 Å². The number of ether oxygens (including phenoxy) is 2. The number of nitrogens with zero attached hydrogens (tertiary/aromatic N) is 3. The van der Waals surface area contributed by atoms with Crippen LogP contribution in [0.15, 0.2) is 47.6 Å². The molecule has 0 aliphatic heterocycles. The summed E-state index contributed by atoms with van der Waals surface area (Å²) in [6.07, 6.45) is -0.373. The molecule has 31 heavy (non-hydrogen) atoms. The lowest BCUT2D eigenvalue weighted by atomic mass is 10.1. The Morgan fingerprint density at radius 3 is 2.45 bits per heavy atom. The van der Waals surface area contributed by atoms with Gasteiger partial charge in [-0.3, -0.25) is 4.79 Å². The van der Waals surface area contributed by atoms with Crippen molar-refractivity contribution in [2.24, 2.45) is 0 Å². The molecule has 1 unspecified atom stereocenters. The first kappa shape index (κ1) is 23.4. The molecule has 0 N–H and O–H groups in total. The van der Waals surface area contributed by atoms with Crippen molar-refractivity contribution in [3.63, 3.8) is 0 Å². The van der Waals surface area contributed by atoms with Crippen molar-refractivity contribution in [3.05, 3.63) is 63.9 Å². The zero-order chi connectivity index (χ0) is 22.5. The molecule has 0 spiro atoms. The Hall–Kier alpha value is -2.22. The summed E-state index contributed by atoms with van der Waals surface area (Å²) in [4.78, 5) is 12.6. The van der Waals surface area contributed by atoms with Gasteiger partial charge in [0.05, 0.1) is 17.9 Å². The van der Waals surface area contributed by atoms with Crippen molar-refractivity contribution in [1.29, 1.82) is 0 Å². The van der Waals surface area contributed by atoms with Gasteiger partial charge in [0, 0.05) is 16.6 Å². The largest absolute Gasteiger partial charge is 0.493 e. The molecule has 0 amide bonds. The van der Waals surface area contributed by atoms with E-state index in [0.29, 0.717) is 38.1 Å². The van der Waals surface area contributed by atoms with Gasteiger partial charge in [0.1, 0.15) is 0 Å². The van der Waals surface area contributed by atoms with E-state index in [0.717, 1.165) is 0 Å². The fraction of sp³-hybridized carbons (Fsp3) is 0.318. The standard InChI is InChI=1S/C22H23Cl2N3O3S/c1-13(2)27-21(14(3)30-20-8-6-5-7-19(20)29-4)25-26-22(27)31-12-18(28)16-10-9-15(23)11-17(16)24/h5-11,13-14H,12H2,1-4H3. The second-order valence-corrected chi connectivity index (χ2v) is 8.84. The molecule has 0 aliphatic carbocycles. The number of Topliss-reactive ketones (excluding diaryl/α,β-unsaturated/α-hetero) is 1. The fourth-order valence-corrected chi connectivity index (χ4v) is 4.50. The van der Waals surface area contributed by atoms with Gasteiger partial charge in [-0.05, 0) is 51.1 Å². The van der Waals surface area contributed by atoms with Gasteiger partial charge in [-0.1, -0.05) is 47.1 Å². The average Bonchev–Trinajstić information content (AvgIpc) is 3.17. The van der Waals surface area contributed by atoms with Crippen LogP contribution in [0.4, 0.5) is 0 Å². The highest BCUT2D eigenvalue weighted by Crippen LogP contribution is 2.32. The molecule has 1 heterocycles. The van der Waals surface area contributed by atoms with Gasteiger partial charge in [0.2, 0.25) is 0 Å². The number of carbonyl (C=O) groups is 1. The summed E-state index contributed by atoms with van der Waals surface area (Å²) in [6, 6.07) is 12.4. The number of carbonyl (C=O) groups excluding carboxylic acids is 1. The number of halogens is 2. The van der Waals surface area contributed by atoms with Crippen LogP contribution in [0.3, 0.4) is 0 Å². The van der Waals surface area contributed by atoms with Crippen LogP contribution in [-0.4, -0.2) is 33.4 Å². The minimum Gasteiger partial charge on any atom is -0.493 e. The molecule has 0 saturated carbocycles. The van der Waals surface area contributed by atoms with E-state index in [2.05, 4.69) is 10.2 Å². The molecular formula is C22H23Cl2N3O3S. The number of para-hydroxylation sites is 2. The first-order valence-electron chi connectivity index (χ1n) is 9.67. The van der Waals surface area contributed by atoms with E-state index in [9.17, 15) is 4.79 Å². The third-order valence-electron chi connectivity index (χ3n) is 4.51.